The SMILES string of the molecule is c1ccc2c(c1)Cc1cc3c(cc1-2)Cc1ccnc2c1N3c1cc3c(cc1C2)Cc1ccccc1-3.c1ccc2c(c1)Cc1cc3c(cc1-2)Cc1cncc2c1N3c1cc3c(cc1C2)Cc1ccccc1-3.c1ccc2c(c1)Cc1cc3c(cc1-2)Cc1nccc2c1N3c1cc3c(cc1C2)Cc1ccccc1-3. The first-order chi connectivity index (χ1) is 51.9. The Hall–Kier alpha value is -12.5. The van der Waals surface area contributed by atoms with Gasteiger partial charge in [0.25, 0.3) is 0 Å². The second-order valence-electron chi connectivity index (χ2n) is 31.2. The number of benzene rings is 12. The fourth-order valence-electron chi connectivity index (χ4n) is 21.0. The van der Waals surface area contributed by atoms with E-state index in [-0.39, 0.29) is 0 Å². The average molecular weight is 1340 g/mol. The Morgan fingerprint density at radius 2 is 0.429 bits per heavy atom. The summed E-state index contributed by atoms with van der Waals surface area (Å²) >= 11 is 0. The zero-order valence-corrected chi connectivity index (χ0v) is 57.9. The highest BCUT2D eigenvalue weighted by atomic mass is 15.2. The van der Waals surface area contributed by atoms with Gasteiger partial charge in [-0.2, -0.15) is 0 Å². The van der Waals surface area contributed by atoms with Gasteiger partial charge in [-0.05, 0) is 294 Å². The van der Waals surface area contributed by atoms with E-state index >= 15 is 0 Å². The summed E-state index contributed by atoms with van der Waals surface area (Å²) in [6.45, 7) is 0. The molecular formula is C99H66N6. The monoisotopic (exact) mass is 1340 g/mol. The zero-order valence-electron chi connectivity index (χ0n) is 57.9. The van der Waals surface area contributed by atoms with Crippen LogP contribution in [0.5, 0.6) is 0 Å². The van der Waals surface area contributed by atoms with E-state index in [4.69, 9.17) is 9.97 Å². The van der Waals surface area contributed by atoms with Crippen LogP contribution in [-0.2, 0) is 77.0 Å². The average Bonchev–Trinajstić information content (AvgIpc) is 1.28. The Kier molecular flexibility index (Phi) is 11.5. The fraction of sp³-hybridized carbons (Fsp3) is 0.121. The lowest BCUT2D eigenvalue weighted by molar-refractivity contribution is 0.957. The first-order valence-corrected chi connectivity index (χ1v) is 37.7. The van der Waals surface area contributed by atoms with Crippen molar-refractivity contribution in [2.24, 2.45) is 0 Å². The topological polar surface area (TPSA) is 48.4 Å². The molecule has 0 fully saturated rings. The van der Waals surface area contributed by atoms with Crippen molar-refractivity contribution in [2.75, 3.05) is 14.7 Å². The minimum Gasteiger partial charge on any atom is -0.309 e. The van der Waals surface area contributed by atoms with E-state index in [2.05, 4.69) is 263 Å². The molecular weight excluding hydrogens is 1270 g/mol. The van der Waals surface area contributed by atoms with Crippen molar-refractivity contribution in [2.45, 2.75) is 77.0 Å². The summed E-state index contributed by atoms with van der Waals surface area (Å²) in [5, 5.41) is 0. The number of fused-ring (bicyclic) bond motifs is 30. The summed E-state index contributed by atoms with van der Waals surface area (Å²) in [5.41, 5.74) is 62.5. The third kappa shape index (κ3) is 8.17. The molecule has 0 bridgehead atoms. The highest BCUT2D eigenvalue weighted by Crippen LogP contribution is 2.59. The summed E-state index contributed by atoms with van der Waals surface area (Å²) in [7, 11) is 0. The molecule has 0 spiro atoms. The van der Waals surface area contributed by atoms with Crippen LogP contribution in [0.25, 0.3) is 66.8 Å². The molecule has 0 amide bonds. The molecule has 105 heavy (non-hydrogen) atoms. The van der Waals surface area contributed by atoms with Crippen LogP contribution in [0, 0.1) is 0 Å². The number of anilines is 9. The molecule has 6 aliphatic carbocycles. The van der Waals surface area contributed by atoms with Crippen molar-refractivity contribution < 1.29 is 0 Å². The lowest BCUT2D eigenvalue weighted by Gasteiger charge is -2.39. The van der Waals surface area contributed by atoms with E-state index in [1.807, 2.05) is 12.4 Å². The Morgan fingerprint density at radius 1 is 0.181 bits per heavy atom. The number of hydrogen-bond donors (Lipinski definition) is 0. The van der Waals surface area contributed by atoms with Crippen LogP contribution >= 0.6 is 0 Å². The Morgan fingerprint density at radius 3 is 0.771 bits per heavy atom. The standard InChI is InChI=1S/3C33H22N2/c1-3-7-27-20(6-1)10-22-15-31-24(14-29(22)27)13-26-18-34-17-25-12-23-11-21-9-19-5-2-4-8-28(19)30(21)16-32(23)35(31)33(25)26;1-3-7-26-20(6-1)12-23-17-31-24(15-28(23)26)13-21-9-10-34-30-16-25-14-22-11-19-5-2-4-8-27(19)29(22)18-32(25)35(31)33(21)30;1-3-7-26-20(6-1)12-23-17-31-25(15-28(23)26)16-30-33-21(9-10-34-30)13-24-14-22-11-19-5-2-4-8-27(19)29(22)18-32(24)35(31)33/h1-8,11,14-18H,9-10,12-13H2;2*1-10,14-15,17-18H,11-13,16H2. The van der Waals surface area contributed by atoms with Crippen molar-refractivity contribution in [1.82, 2.24) is 15.0 Å². The molecule has 15 aromatic rings. The maximum Gasteiger partial charge on any atom is 0.0716 e. The largest absolute Gasteiger partial charge is 0.309 e. The van der Waals surface area contributed by atoms with Crippen LogP contribution < -0.4 is 14.7 Å². The van der Waals surface area contributed by atoms with Gasteiger partial charge in [0.15, 0.2) is 0 Å². The van der Waals surface area contributed by atoms with Crippen LogP contribution in [0.2, 0.25) is 0 Å². The highest BCUT2D eigenvalue weighted by Gasteiger charge is 2.40. The number of pyridine rings is 3. The fourth-order valence-corrected chi connectivity index (χ4v) is 21.0. The molecule has 9 heterocycles. The minimum absolute atomic E-state index is 0.896. The summed E-state index contributed by atoms with van der Waals surface area (Å²) in [5.74, 6) is 0. The van der Waals surface area contributed by atoms with E-state index < -0.39 is 0 Å². The van der Waals surface area contributed by atoms with E-state index in [0.717, 1.165) is 77.0 Å². The van der Waals surface area contributed by atoms with E-state index in [9.17, 15) is 0 Å². The lowest BCUT2D eigenvalue weighted by Crippen LogP contribution is -2.25. The van der Waals surface area contributed by atoms with Crippen LogP contribution in [-0.4, -0.2) is 15.0 Å². The maximum absolute atomic E-state index is 4.89. The van der Waals surface area contributed by atoms with E-state index in [1.165, 1.54) is 252 Å². The third-order valence-electron chi connectivity index (χ3n) is 25.5. The van der Waals surface area contributed by atoms with Crippen molar-refractivity contribution in [3.63, 3.8) is 0 Å². The van der Waals surface area contributed by atoms with Gasteiger partial charge in [-0.25, -0.2) is 0 Å². The van der Waals surface area contributed by atoms with Gasteiger partial charge < -0.3 is 14.7 Å². The zero-order chi connectivity index (χ0) is 68.0. The van der Waals surface area contributed by atoms with Crippen molar-refractivity contribution >= 4 is 51.2 Å². The molecule has 27 rings (SSSR count). The van der Waals surface area contributed by atoms with Gasteiger partial charge in [0, 0.05) is 63.3 Å². The predicted molar refractivity (Wildman–Crippen MR) is 423 cm³/mol. The molecule has 0 unspecified atom stereocenters. The molecule has 6 aliphatic heterocycles. The molecule has 0 radical (unpaired) electrons. The molecule has 0 atom stereocenters. The molecule has 3 aromatic heterocycles. The van der Waals surface area contributed by atoms with Crippen molar-refractivity contribution in [3.05, 3.63) is 389 Å². The first kappa shape index (κ1) is 57.1. The molecule has 492 valence electrons. The van der Waals surface area contributed by atoms with Crippen LogP contribution in [0.1, 0.15) is 134 Å². The molecule has 0 saturated heterocycles. The van der Waals surface area contributed by atoms with Crippen LogP contribution in [0.15, 0.2) is 255 Å². The van der Waals surface area contributed by atoms with Gasteiger partial charge in [0.05, 0.1) is 62.6 Å². The molecule has 6 nitrogen and oxygen atoms in total. The van der Waals surface area contributed by atoms with Gasteiger partial charge >= 0.3 is 0 Å². The highest BCUT2D eigenvalue weighted by molar-refractivity contribution is 5.99. The molecule has 12 aliphatic rings. The molecule has 0 saturated carbocycles. The summed E-state index contributed by atoms with van der Waals surface area (Å²) < 4.78 is 0. The molecule has 12 aromatic carbocycles. The maximum atomic E-state index is 4.89. The Balaban J connectivity index is 0.0000000914. The van der Waals surface area contributed by atoms with Crippen LogP contribution in [0.3, 0.4) is 0 Å². The predicted octanol–water partition coefficient (Wildman–Crippen LogP) is 22.5. The summed E-state index contributed by atoms with van der Waals surface area (Å²) in [4.78, 5) is 22.1. The quantitative estimate of drug-likeness (QED) is 0.151. The van der Waals surface area contributed by atoms with Gasteiger partial charge in [-0.1, -0.05) is 164 Å². The van der Waals surface area contributed by atoms with E-state index in [0.29, 0.717) is 0 Å². The second-order valence-corrected chi connectivity index (χ2v) is 31.2. The number of rotatable bonds is 0. The van der Waals surface area contributed by atoms with Crippen molar-refractivity contribution in [3.8, 4) is 66.8 Å². The minimum atomic E-state index is 0.896. The Bertz CT molecular complexity index is 5900. The third-order valence-corrected chi connectivity index (χ3v) is 25.5. The normalized spacial score (nSPS) is 14.9. The van der Waals surface area contributed by atoms with Gasteiger partial charge in [-0.3, -0.25) is 15.0 Å². The second kappa shape index (κ2) is 21.1. The molecule has 0 N–H and O–H groups in total. The summed E-state index contributed by atoms with van der Waals surface area (Å²) in [6.07, 6.45) is 20.0. The van der Waals surface area contributed by atoms with Crippen LogP contribution in [0.4, 0.5) is 51.2 Å². The van der Waals surface area contributed by atoms with Gasteiger partial charge in [0.2, 0.25) is 0 Å². The summed E-state index contributed by atoms with van der Waals surface area (Å²) in [6, 6.07) is 87.4. The van der Waals surface area contributed by atoms with E-state index in [1.54, 1.807) is 0 Å². The number of aromatic nitrogens is 3. The number of hydrogen-bond acceptors (Lipinski definition) is 6. The smallest absolute Gasteiger partial charge is 0.0716 e. The van der Waals surface area contributed by atoms with Gasteiger partial charge in [0.1, 0.15) is 0 Å². The molecule has 6 heteroatoms. The van der Waals surface area contributed by atoms with Crippen molar-refractivity contribution in [1.29, 1.82) is 0 Å². The van der Waals surface area contributed by atoms with Gasteiger partial charge in [-0.15, -0.1) is 0 Å². The lowest BCUT2D eigenvalue weighted by atomic mass is 9.85. The Labute approximate surface area is 609 Å². The number of nitrogens with zero attached hydrogens (tertiary/aromatic N) is 6. The first-order valence-electron chi connectivity index (χ1n) is 37.7.